The standard InChI is InChI=1S/C22H20N2S/c1-15(23)14-20-16-8-2-4-10-18(16)22(19-11-5-3-9-17(19)20)25-21-12-6-7-13-24-21/h2-13,15H,14,23H2,1H3. The zero-order valence-corrected chi connectivity index (χ0v) is 15.0. The molecule has 2 N–H and O–H groups in total. The Morgan fingerprint density at radius 3 is 1.92 bits per heavy atom. The van der Waals surface area contributed by atoms with Crippen molar-refractivity contribution in [2.24, 2.45) is 5.73 Å². The lowest BCUT2D eigenvalue weighted by Crippen LogP contribution is -2.18. The summed E-state index contributed by atoms with van der Waals surface area (Å²) < 4.78 is 0. The molecule has 4 aromatic rings. The van der Waals surface area contributed by atoms with E-state index in [0.29, 0.717) is 0 Å². The lowest BCUT2D eigenvalue weighted by molar-refractivity contribution is 0.745. The molecule has 1 aromatic heterocycles. The molecule has 0 amide bonds. The van der Waals surface area contributed by atoms with Crippen LogP contribution in [0, 0.1) is 0 Å². The van der Waals surface area contributed by atoms with Crippen molar-refractivity contribution in [1.29, 1.82) is 0 Å². The number of hydrogen-bond donors (Lipinski definition) is 1. The van der Waals surface area contributed by atoms with Crippen LogP contribution in [0.1, 0.15) is 12.5 Å². The minimum atomic E-state index is 0.126. The van der Waals surface area contributed by atoms with E-state index in [1.165, 1.54) is 32.0 Å². The number of nitrogens with two attached hydrogens (primary N) is 1. The van der Waals surface area contributed by atoms with Crippen molar-refractivity contribution in [3.8, 4) is 0 Å². The first-order chi connectivity index (χ1) is 12.2. The maximum Gasteiger partial charge on any atom is 0.101 e. The van der Waals surface area contributed by atoms with Gasteiger partial charge in [0, 0.05) is 17.1 Å². The van der Waals surface area contributed by atoms with E-state index in [-0.39, 0.29) is 6.04 Å². The molecule has 0 aliphatic heterocycles. The summed E-state index contributed by atoms with van der Waals surface area (Å²) in [5, 5.41) is 6.13. The highest BCUT2D eigenvalue weighted by atomic mass is 32.2. The van der Waals surface area contributed by atoms with Crippen molar-refractivity contribution < 1.29 is 0 Å². The van der Waals surface area contributed by atoms with Crippen molar-refractivity contribution in [1.82, 2.24) is 4.98 Å². The molecule has 3 aromatic carbocycles. The number of nitrogens with zero attached hydrogens (tertiary/aromatic N) is 1. The van der Waals surface area contributed by atoms with E-state index >= 15 is 0 Å². The molecule has 1 heterocycles. The molecule has 124 valence electrons. The Balaban J connectivity index is 2.04. The summed E-state index contributed by atoms with van der Waals surface area (Å²) in [5.74, 6) is 0. The number of fused-ring (bicyclic) bond motifs is 2. The van der Waals surface area contributed by atoms with E-state index in [9.17, 15) is 0 Å². The van der Waals surface area contributed by atoms with Crippen LogP contribution >= 0.6 is 11.8 Å². The van der Waals surface area contributed by atoms with E-state index in [2.05, 4.69) is 66.5 Å². The highest BCUT2D eigenvalue weighted by Crippen LogP contribution is 2.41. The predicted octanol–water partition coefficient (Wildman–Crippen LogP) is 5.43. The summed E-state index contributed by atoms with van der Waals surface area (Å²) in [6.07, 6.45) is 2.72. The van der Waals surface area contributed by atoms with E-state index in [1.54, 1.807) is 11.8 Å². The normalized spacial score (nSPS) is 12.6. The van der Waals surface area contributed by atoms with Gasteiger partial charge >= 0.3 is 0 Å². The third-order valence-electron chi connectivity index (χ3n) is 4.36. The quantitative estimate of drug-likeness (QED) is 0.502. The van der Waals surface area contributed by atoms with Gasteiger partial charge in [0.25, 0.3) is 0 Å². The molecule has 1 unspecified atom stereocenters. The smallest absolute Gasteiger partial charge is 0.101 e. The average molecular weight is 344 g/mol. The number of rotatable bonds is 4. The summed E-state index contributed by atoms with van der Waals surface area (Å²) in [5.41, 5.74) is 7.49. The molecule has 0 fully saturated rings. The molecular weight excluding hydrogens is 324 g/mol. The topological polar surface area (TPSA) is 38.9 Å². The molecule has 0 saturated carbocycles. The van der Waals surface area contributed by atoms with Gasteiger partial charge in [0.15, 0.2) is 0 Å². The number of hydrogen-bond acceptors (Lipinski definition) is 3. The fourth-order valence-corrected chi connectivity index (χ4v) is 4.39. The van der Waals surface area contributed by atoms with E-state index in [1.807, 2.05) is 18.3 Å². The van der Waals surface area contributed by atoms with Gasteiger partial charge in [0.05, 0.1) is 0 Å². The fraction of sp³-hybridized carbons (Fsp3) is 0.136. The molecule has 2 nitrogen and oxygen atoms in total. The largest absolute Gasteiger partial charge is 0.328 e. The second kappa shape index (κ2) is 6.87. The molecule has 0 saturated heterocycles. The fourth-order valence-electron chi connectivity index (χ4n) is 3.34. The summed E-state index contributed by atoms with van der Waals surface area (Å²) in [6.45, 7) is 2.07. The first-order valence-corrected chi connectivity index (χ1v) is 9.32. The van der Waals surface area contributed by atoms with Crippen molar-refractivity contribution in [3.05, 3.63) is 78.5 Å². The molecule has 25 heavy (non-hydrogen) atoms. The highest BCUT2D eigenvalue weighted by molar-refractivity contribution is 7.99. The van der Waals surface area contributed by atoms with Crippen LogP contribution in [0.3, 0.4) is 0 Å². The van der Waals surface area contributed by atoms with Crippen molar-refractivity contribution in [3.63, 3.8) is 0 Å². The van der Waals surface area contributed by atoms with Crippen molar-refractivity contribution in [2.75, 3.05) is 0 Å². The maximum absolute atomic E-state index is 6.15. The number of pyridine rings is 1. The molecule has 0 bridgehead atoms. The zero-order chi connectivity index (χ0) is 17.2. The van der Waals surface area contributed by atoms with Gasteiger partial charge in [0.2, 0.25) is 0 Å². The van der Waals surface area contributed by atoms with Crippen LogP contribution in [-0.2, 0) is 6.42 Å². The summed E-state index contributed by atoms with van der Waals surface area (Å²) in [4.78, 5) is 5.76. The molecule has 0 spiro atoms. The highest BCUT2D eigenvalue weighted by Gasteiger charge is 2.15. The molecule has 0 aliphatic carbocycles. The molecule has 0 aliphatic rings. The van der Waals surface area contributed by atoms with Crippen molar-refractivity contribution >= 4 is 33.3 Å². The monoisotopic (exact) mass is 344 g/mol. The zero-order valence-electron chi connectivity index (χ0n) is 14.1. The number of aromatic nitrogens is 1. The van der Waals surface area contributed by atoms with Gasteiger partial charge in [-0.2, -0.15) is 0 Å². The van der Waals surface area contributed by atoms with E-state index in [0.717, 1.165) is 11.4 Å². The van der Waals surface area contributed by atoms with Gasteiger partial charge < -0.3 is 5.73 Å². The summed E-state index contributed by atoms with van der Waals surface area (Å²) >= 11 is 1.73. The van der Waals surface area contributed by atoms with Crippen molar-refractivity contribution in [2.45, 2.75) is 29.3 Å². The van der Waals surface area contributed by atoms with Crippen LogP contribution in [0.15, 0.2) is 82.8 Å². The van der Waals surface area contributed by atoms with Crippen LogP contribution in [0.4, 0.5) is 0 Å². The predicted molar refractivity (Wildman–Crippen MR) is 107 cm³/mol. The lowest BCUT2D eigenvalue weighted by Gasteiger charge is -2.17. The van der Waals surface area contributed by atoms with Crippen LogP contribution in [0.2, 0.25) is 0 Å². The van der Waals surface area contributed by atoms with Gasteiger partial charge in [-0.05, 0) is 52.6 Å². The third-order valence-corrected chi connectivity index (χ3v) is 5.46. The minimum absolute atomic E-state index is 0.126. The van der Waals surface area contributed by atoms with E-state index in [4.69, 9.17) is 5.73 Å². The van der Waals surface area contributed by atoms with Gasteiger partial charge in [-0.25, -0.2) is 4.98 Å². The Kier molecular flexibility index (Phi) is 4.43. The van der Waals surface area contributed by atoms with Crippen LogP contribution in [0.5, 0.6) is 0 Å². The molecule has 3 heteroatoms. The Bertz CT molecular complexity index is 969. The SMILES string of the molecule is CC(N)Cc1c2ccccc2c(Sc2ccccn2)c2ccccc12. The van der Waals surface area contributed by atoms with Crippen LogP contribution in [-0.4, -0.2) is 11.0 Å². The van der Waals surface area contributed by atoms with Crippen LogP contribution < -0.4 is 5.73 Å². The number of benzene rings is 3. The summed E-state index contributed by atoms with van der Waals surface area (Å²) in [7, 11) is 0. The Morgan fingerprint density at radius 2 is 1.40 bits per heavy atom. The van der Waals surface area contributed by atoms with Crippen LogP contribution in [0.25, 0.3) is 21.5 Å². The third kappa shape index (κ3) is 3.13. The first kappa shape index (κ1) is 16.1. The maximum atomic E-state index is 6.15. The molecular formula is C22H20N2S. The average Bonchev–Trinajstić information content (AvgIpc) is 2.65. The van der Waals surface area contributed by atoms with E-state index < -0.39 is 0 Å². The van der Waals surface area contributed by atoms with Gasteiger partial charge in [-0.1, -0.05) is 66.4 Å². The Hall–Kier alpha value is -2.36. The van der Waals surface area contributed by atoms with Gasteiger partial charge in [-0.3, -0.25) is 0 Å². The second-order valence-electron chi connectivity index (χ2n) is 6.35. The molecule has 1 atom stereocenters. The molecule has 4 rings (SSSR count). The van der Waals surface area contributed by atoms with Gasteiger partial charge in [0.1, 0.15) is 5.03 Å². The first-order valence-electron chi connectivity index (χ1n) is 8.51. The summed E-state index contributed by atoms with van der Waals surface area (Å²) in [6, 6.07) is 23.4. The second-order valence-corrected chi connectivity index (χ2v) is 7.38. The Labute approximate surface area is 152 Å². The molecule has 0 radical (unpaired) electrons. The van der Waals surface area contributed by atoms with Gasteiger partial charge in [-0.15, -0.1) is 0 Å². The lowest BCUT2D eigenvalue weighted by atomic mass is 9.93. The Morgan fingerprint density at radius 1 is 0.840 bits per heavy atom. The minimum Gasteiger partial charge on any atom is -0.328 e.